The number of hydrogen-bond donors (Lipinski definition) is 3. The lowest BCUT2D eigenvalue weighted by molar-refractivity contribution is -0.123. The first-order valence-corrected chi connectivity index (χ1v) is 10.3. The summed E-state index contributed by atoms with van der Waals surface area (Å²) < 4.78 is 18.7. The molecule has 3 aromatic rings. The lowest BCUT2D eigenvalue weighted by atomic mass is 10.1. The van der Waals surface area contributed by atoms with Crippen molar-refractivity contribution in [2.45, 2.75) is 45.3 Å². The lowest BCUT2D eigenvalue weighted by Gasteiger charge is -2.23. The van der Waals surface area contributed by atoms with Crippen molar-refractivity contribution in [3.8, 4) is 0 Å². The molecule has 0 bridgehead atoms. The summed E-state index contributed by atoms with van der Waals surface area (Å²) in [5.74, 6) is -0.591. The zero-order valence-corrected chi connectivity index (χ0v) is 18.0. The topological polar surface area (TPSA) is 83.2 Å². The number of ether oxygens (including phenoxy) is 1. The highest BCUT2D eigenvalue weighted by molar-refractivity contribution is 5.86. The van der Waals surface area contributed by atoms with Gasteiger partial charge in [-0.2, -0.15) is 0 Å². The number of benzene rings is 2. The molecule has 0 saturated heterocycles. The van der Waals surface area contributed by atoms with Gasteiger partial charge >= 0.3 is 6.09 Å². The Bertz CT molecular complexity index is 1040. The molecule has 6 nitrogen and oxygen atoms in total. The summed E-state index contributed by atoms with van der Waals surface area (Å²) in [6.07, 6.45) is 2.10. The van der Waals surface area contributed by atoms with E-state index in [-0.39, 0.29) is 11.7 Å². The first-order chi connectivity index (χ1) is 14.7. The van der Waals surface area contributed by atoms with E-state index in [1.165, 1.54) is 12.1 Å². The molecule has 3 rings (SSSR count). The summed E-state index contributed by atoms with van der Waals surface area (Å²) in [7, 11) is 0. The Morgan fingerprint density at radius 3 is 2.58 bits per heavy atom. The number of carbonyl (C=O) groups excluding carboxylic acids is 2. The van der Waals surface area contributed by atoms with Crippen LogP contribution >= 0.6 is 0 Å². The van der Waals surface area contributed by atoms with Crippen molar-refractivity contribution in [1.29, 1.82) is 0 Å². The van der Waals surface area contributed by atoms with Gasteiger partial charge in [-0.05, 0) is 56.5 Å². The molecule has 31 heavy (non-hydrogen) atoms. The predicted octanol–water partition coefficient (Wildman–Crippen LogP) is 4.10. The highest BCUT2D eigenvalue weighted by Crippen LogP contribution is 2.19. The second-order valence-electron chi connectivity index (χ2n) is 8.43. The number of aromatic nitrogens is 1. The molecule has 164 valence electrons. The molecule has 0 spiro atoms. The van der Waals surface area contributed by atoms with Crippen LogP contribution in [-0.2, 0) is 22.4 Å². The van der Waals surface area contributed by atoms with Crippen LogP contribution in [0.1, 0.15) is 31.9 Å². The highest BCUT2D eigenvalue weighted by Gasteiger charge is 2.24. The molecule has 1 heterocycles. The molecule has 7 heteroatoms. The molecule has 0 aliphatic rings. The molecule has 0 unspecified atom stereocenters. The Kier molecular flexibility index (Phi) is 6.95. The number of aromatic amines is 1. The van der Waals surface area contributed by atoms with Crippen LogP contribution in [0.5, 0.6) is 0 Å². The van der Waals surface area contributed by atoms with Crippen LogP contribution in [0.2, 0.25) is 0 Å². The molecule has 0 aliphatic carbocycles. The first kappa shape index (κ1) is 22.3. The van der Waals surface area contributed by atoms with Crippen LogP contribution in [0, 0.1) is 5.82 Å². The number of fused-ring (bicyclic) bond motifs is 1. The molecule has 1 atom stereocenters. The largest absolute Gasteiger partial charge is 0.444 e. The van der Waals surface area contributed by atoms with E-state index in [9.17, 15) is 14.0 Å². The fourth-order valence-corrected chi connectivity index (χ4v) is 3.32. The molecule has 0 radical (unpaired) electrons. The standard InChI is InChI=1S/C24H28FN3O3/c1-24(2,3)31-23(30)28-21(13-16-7-5-4-6-8-16)22(29)26-12-11-17-15-27-20-14-18(25)9-10-19(17)20/h4-10,14-15,21,27H,11-13H2,1-3H3,(H,26,29)(H,28,30)/t21-/m0/s1. The summed E-state index contributed by atoms with van der Waals surface area (Å²) >= 11 is 0. The highest BCUT2D eigenvalue weighted by atomic mass is 19.1. The van der Waals surface area contributed by atoms with Gasteiger partial charge in [-0.1, -0.05) is 30.3 Å². The fraction of sp³-hybridized carbons (Fsp3) is 0.333. The van der Waals surface area contributed by atoms with Crippen LogP contribution in [-0.4, -0.2) is 35.2 Å². The minimum absolute atomic E-state index is 0.291. The van der Waals surface area contributed by atoms with Crippen LogP contribution in [0.15, 0.2) is 54.7 Å². The molecule has 3 N–H and O–H groups in total. The maximum atomic E-state index is 13.4. The number of H-pyrrole nitrogens is 1. The van der Waals surface area contributed by atoms with Gasteiger partial charge in [-0.15, -0.1) is 0 Å². The van der Waals surface area contributed by atoms with Crippen molar-refractivity contribution >= 4 is 22.9 Å². The van der Waals surface area contributed by atoms with E-state index in [0.29, 0.717) is 19.4 Å². The molecular formula is C24H28FN3O3. The zero-order valence-electron chi connectivity index (χ0n) is 18.0. The number of nitrogens with one attached hydrogen (secondary N) is 3. The normalized spacial score (nSPS) is 12.4. The molecule has 2 amide bonds. The Hall–Kier alpha value is -3.35. The average Bonchev–Trinajstić information content (AvgIpc) is 3.08. The Labute approximate surface area is 181 Å². The van der Waals surface area contributed by atoms with Crippen LogP contribution in [0.3, 0.4) is 0 Å². The van der Waals surface area contributed by atoms with Crippen LogP contribution in [0.4, 0.5) is 9.18 Å². The van der Waals surface area contributed by atoms with Crippen molar-refractivity contribution in [2.24, 2.45) is 0 Å². The third-order valence-electron chi connectivity index (χ3n) is 4.71. The van der Waals surface area contributed by atoms with Gasteiger partial charge < -0.3 is 20.4 Å². The maximum Gasteiger partial charge on any atom is 0.408 e. The average molecular weight is 426 g/mol. The van der Waals surface area contributed by atoms with Gasteiger partial charge in [-0.25, -0.2) is 9.18 Å². The van der Waals surface area contributed by atoms with Gasteiger partial charge in [0.25, 0.3) is 0 Å². The van der Waals surface area contributed by atoms with Crippen molar-refractivity contribution in [2.75, 3.05) is 6.54 Å². The van der Waals surface area contributed by atoms with Crippen molar-refractivity contribution in [3.63, 3.8) is 0 Å². The second kappa shape index (κ2) is 9.64. The quantitative estimate of drug-likeness (QED) is 0.533. The van der Waals surface area contributed by atoms with E-state index in [4.69, 9.17) is 4.74 Å². The van der Waals surface area contributed by atoms with E-state index >= 15 is 0 Å². The third-order valence-corrected chi connectivity index (χ3v) is 4.71. The van der Waals surface area contributed by atoms with E-state index in [1.807, 2.05) is 36.5 Å². The van der Waals surface area contributed by atoms with Gasteiger partial charge in [0, 0.05) is 30.1 Å². The SMILES string of the molecule is CC(C)(C)OC(=O)N[C@@H](Cc1ccccc1)C(=O)NCCc1c[nH]c2cc(F)ccc12. The molecular weight excluding hydrogens is 397 g/mol. The summed E-state index contributed by atoms with van der Waals surface area (Å²) in [5, 5.41) is 6.49. The van der Waals surface area contributed by atoms with Gasteiger partial charge in [0.2, 0.25) is 5.91 Å². The number of halogens is 1. The number of carbonyl (C=O) groups is 2. The monoisotopic (exact) mass is 425 g/mol. The molecule has 0 fully saturated rings. The number of amides is 2. The smallest absolute Gasteiger partial charge is 0.408 e. The molecule has 0 saturated carbocycles. The third kappa shape index (κ3) is 6.57. The van der Waals surface area contributed by atoms with E-state index in [2.05, 4.69) is 15.6 Å². The van der Waals surface area contributed by atoms with Gasteiger partial charge in [0.1, 0.15) is 17.5 Å². The van der Waals surface area contributed by atoms with Gasteiger partial charge in [0.15, 0.2) is 0 Å². The number of alkyl carbamates (subject to hydrolysis) is 1. The van der Waals surface area contributed by atoms with Gasteiger partial charge in [-0.3, -0.25) is 4.79 Å². The van der Waals surface area contributed by atoms with Crippen LogP contribution in [0.25, 0.3) is 10.9 Å². The minimum atomic E-state index is -0.769. The van der Waals surface area contributed by atoms with E-state index in [0.717, 1.165) is 22.0 Å². The molecule has 2 aromatic carbocycles. The second-order valence-corrected chi connectivity index (χ2v) is 8.43. The summed E-state index contributed by atoms with van der Waals surface area (Å²) in [6.45, 7) is 5.69. The Morgan fingerprint density at radius 1 is 1.13 bits per heavy atom. The van der Waals surface area contributed by atoms with Crippen molar-refractivity contribution < 1.29 is 18.7 Å². The fourth-order valence-electron chi connectivity index (χ4n) is 3.32. The maximum absolute atomic E-state index is 13.4. The van der Waals surface area contributed by atoms with Crippen molar-refractivity contribution in [3.05, 3.63) is 71.7 Å². The predicted molar refractivity (Wildman–Crippen MR) is 118 cm³/mol. The van der Waals surface area contributed by atoms with Crippen LogP contribution < -0.4 is 10.6 Å². The Morgan fingerprint density at radius 2 is 1.87 bits per heavy atom. The number of hydrogen-bond acceptors (Lipinski definition) is 3. The number of rotatable bonds is 7. The summed E-state index contributed by atoms with van der Waals surface area (Å²) in [5.41, 5.74) is 1.97. The van der Waals surface area contributed by atoms with E-state index in [1.54, 1.807) is 26.8 Å². The summed E-state index contributed by atoms with van der Waals surface area (Å²) in [6, 6.07) is 13.3. The lowest BCUT2D eigenvalue weighted by Crippen LogP contribution is -2.49. The van der Waals surface area contributed by atoms with Crippen molar-refractivity contribution in [1.82, 2.24) is 15.6 Å². The first-order valence-electron chi connectivity index (χ1n) is 10.3. The van der Waals surface area contributed by atoms with E-state index < -0.39 is 17.7 Å². The minimum Gasteiger partial charge on any atom is -0.444 e. The zero-order chi connectivity index (χ0) is 22.4. The summed E-state index contributed by atoms with van der Waals surface area (Å²) in [4.78, 5) is 28.1. The van der Waals surface area contributed by atoms with Gasteiger partial charge in [0.05, 0.1) is 0 Å². The molecule has 1 aromatic heterocycles. The molecule has 0 aliphatic heterocycles. The Balaban J connectivity index is 1.63.